The van der Waals surface area contributed by atoms with Crippen LogP contribution in [0.4, 0.5) is 0 Å². The molecule has 2 rings (SSSR count). The number of aryl methyl sites for hydroxylation is 2. The van der Waals surface area contributed by atoms with E-state index < -0.39 is 0 Å². The minimum absolute atomic E-state index is 0.740. The first-order valence-corrected chi connectivity index (χ1v) is 5.55. The Labute approximate surface area is 86.5 Å². The van der Waals surface area contributed by atoms with Gasteiger partial charge < -0.3 is 5.32 Å². The van der Waals surface area contributed by atoms with E-state index in [1.165, 1.54) is 30.5 Å². The van der Waals surface area contributed by atoms with E-state index in [1.807, 2.05) is 0 Å². The van der Waals surface area contributed by atoms with Crippen molar-refractivity contribution in [3.05, 3.63) is 34.9 Å². The molecule has 1 N–H and O–H groups in total. The molecule has 1 nitrogen and oxygen atoms in total. The molecule has 0 radical (unpaired) electrons. The average molecular weight is 189 g/mol. The molecule has 1 aliphatic heterocycles. The zero-order valence-corrected chi connectivity index (χ0v) is 9.14. The molecule has 0 spiro atoms. The van der Waals surface area contributed by atoms with Crippen molar-refractivity contribution in [2.24, 2.45) is 0 Å². The lowest BCUT2D eigenvalue weighted by Gasteiger charge is -2.24. The van der Waals surface area contributed by atoms with Crippen LogP contribution in [0.15, 0.2) is 18.2 Å². The number of hydrogen-bond donors (Lipinski definition) is 1. The predicted octanol–water partition coefficient (Wildman–Crippen LogP) is 2.77. The first-order chi connectivity index (χ1) is 6.77. The van der Waals surface area contributed by atoms with Gasteiger partial charge in [0.1, 0.15) is 0 Å². The Hall–Kier alpha value is -0.820. The number of piperidine rings is 1. The van der Waals surface area contributed by atoms with Crippen LogP contribution >= 0.6 is 0 Å². The molecule has 1 unspecified atom stereocenters. The summed E-state index contributed by atoms with van der Waals surface area (Å²) in [4.78, 5) is 0. The summed E-state index contributed by atoms with van der Waals surface area (Å²) in [6.45, 7) is 6.75. The minimum atomic E-state index is 0.740. The molecule has 0 aliphatic carbocycles. The molecule has 0 saturated carbocycles. The highest BCUT2D eigenvalue weighted by Gasteiger charge is 2.16. The first kappa shape index (κ1) is 9.72. The highest BCUT2D eigenvalue weighted by atomic mass is 14.9. The lowest BCUT2D eigenvalue weighted by Crippen LogP contribution is -2.28. The fourth-order valence-electron chi connectivity index (χ4n) is 2.40. The van der Waals surface area contributed by atoms with Crippen LogP contribution in [-0.4, -0.2) is 13.1 Å². The van der Waals surface area contributed by atoms with Crippen molar-refractivity contribution in [1.82, 2.24) is 5.32 Å². The van der Waals surface area contributed by atoms with Gasteiger partial charge in [0, 0.05) is 6.54 Å². The summed E-state index contributed by atoms with van der Waals surface area (Å²) in [5.74, 6) is 0.740. The molecule has 0 amide bonds. The third kappa shape index (κ3) is 1.98. The third-order valence-corrected chi connectivity index (χ3v) is 3.16. The van der Waals surface area contributed by atoms with Gasteiger partial charge in [0.25, 0.3) is 0 Å². The molecule has 0 aromatic heterocycles. The maximum absolute atomic E-state index is 3.48. The van der Waals surface area contributed by atoms with Gasteiger partial charge in [0.05, 0.1) is 0 Å². The fraction of sp³-hybridized carbons (Fsp3) is 0.538. The second kappa shape index (κ2) is 4.14. The summed E-state index contributed by atoms with van der Waals surface area (Å²) in [5.41, 5.74) is 4.37. The molecule has 1 heteroatoms. The van der Waals surface area contributed by atoms with Gasteiger partial charge in [0.15, 0.2) is 0 Å². The molecule has 1 heterocycles. The Bertz CT molecular complexity index is 311. The number of hydrogen-bond acceptors (Lipinski definition) is 1. The standard InChI is InChI=1S/C13H19N/c1-10-5-6-13(11(2)8-10)12-4-3-7-14-9-12/h5-6,8,12,14H,3-4,7,9H2,1-2H3. The zero-order valence-electron chi connectivity index (χ0n) is 9.14. The van der Waals surface area contributed by atoms with E-state index in [0.717, 1.165) is 12.5 Å². The van der Waals surface area contributed by atoms with Crippen LogP contribution < -0.4 is 5.32 Å². The second-order valence-electron chi connectivity index (χ2n) is 4.40. The molecule has 14 heavy (non-hydrogen) atoms. The van der Waals surface area contributed by atoms with Gasteiger partial charge in [-0.05, 0) is 50.3 Å². The van der Waals surface area contributed by atoms with Crippen LogP contribution in [0.25, 0.3) is 0 Å². The van der Waals surface area contributed by atoms with Crippen LogP contribution in [0.3, 0.4) is 0 Å². The Balaban J connectivity index is 2.22. The monoisotopic (exact) mass is 189 g/mol. The fourth-order valence-corrected chi connectivity index (χ4v) is 2.40. The predicted molar refractivity (Wildman–Crippen MR) is 60.8 cm³/mol. The van der Waals surface area contributed by atoms with Gasteiger partial charge in [-0.25, -0.2) is 0 Å². The highest BCUT2D eigenvalue weighted by Crippen LogP contribution is 2.26. The summed E-state index contributed by atoms with van der Waals surface area (Å²) in [6.07, 6.45) is 2.66. The van der Waals surface area contributed by atoms with E-state index in [-0.39, 0.29) is 0 Å². The summed E-state index contributed by atoms with van der Waals surface area (Å²) in [5, 5.41) is 3.48. The van der Waals surface area contributed by atoms with E-state index in [1.54, 1.807) is 5.56 Å². The van der Waals surface area contributed by atoms with Crippen LogP contribution in [0, 0.1) is 13.8 Å². The van der Waals surface area contributed by atoms with Crippen LogP contribution in [0.1, 0.15) is 35.4 Å². The van der Waals surface area contributed by atoms with E-state index in [0.29, 0.717) is 0 Å². The van der Waals surface area contributed by atoms with Gasteiger partial charge in [-0.2, -0.15) is 0 Å². The van der Waals surface area contributed by atoms with Crippen molar-refractivity contribution < 1.29 is 0 Å². The molecule has 0 bridgehead atoms. The van der Waals surface area contributed by atoms with E-state index in [2.05, 4.69) is 37.4 Å². The molecule has 1 aromatic rings. The summed E-state index contributed by atoms with van der Waals surface area (Å²) >= 11 is 0. The van der Waals surface area contributed by atoms with Gasteiger partial charge >= 0.3 is 0 Å². The van der Waals surface area contributed by atoms with Crippen molar-refractivity contribution in [3.63, 3.8) is 0 Å². The van der Waals surface area contributed by atoms with E-state index in [4.69, 9.17) is 0 Å². The molecular weight excluding hydrogens is 170 g/mol. The third-order valence-electron chi connectivity index (χ3n) is 3.16. The minimum Gasteiger partial charge on any atom is -0.316 e. The van der Waals surface area contributed by atoms with Crippen LogP contribution in [0.5, 0.6) is 0 Å². The van der Waals surface area contributed by atoms with Gasteiger partial charge in [0.2, 0.25) is 0 Å². The topological polar surface area (TPSA) is 12.0 Å². The lowest BCUT2D eigenvalue weighted by molar-refractivity contribution is 0.460. The summed E-state index contributed by atoms with van der Waals surface area (Å²) in [6, 6.07) is 6.84. The van der Waals surface area contributed by atoms with Crippen molar-refractivity contribution in [2.75, 3.05) is 13.1 Å². The van der Waals surface area contributed by atoms with Crippen LogP contribution in [0.2, 0.25) is 0 Å². The molecular formula is C13H19N. The Kier molecular flexibility index (Phi) is 2.87. The van der Waals surface area contributed by atoms with Crippen molar-refractivity contribution in [3.8, 4) is 0 Å². The number of benzene rings is 1. The second-order valence-corrected chi connectivity index (χ2v) is 4.40. The van der Waals surface area contributed by atoms with Gasteiger partial charge in [-0.1, -0.05) is 23.8 Å². The molecule has 1 fully saturated rings. The Morgan fingerprint density at radius 3 is 2.79 bits per heavy atom. The Morgan fingerprint density at radius 2 is 2.14 bits per heavy atom. The average Bonchev–Trinajstić information content (AvgIpc) is 2.19. The lowest BCUT2D eigenvalue weighted by atomic mass is 9.88. The quantitative estimate of drug-likeness (QED) is 0.716. The number of nitrogens with one attached hydrogen (secondary N) is 1. The normalized spacial score (nSPS) is 22.3. The maximum atomic E-state index is 3.48. The summed E-state index contributed by atoms with van der Waals surface area (Å²) in [7, 11) is 0. The molecule has 1 aliphatic rings. The number of rotatable bonds is 1. The van der Waals surface area contributed by atoms with Crippen LogP contribution in [-0.2, 0) is 0 Å². The maximum Gasteiger partial charge on any atom is 0.00202 e. The molecule has 76 valence electrons. The van der Waals surface area contributed by atoms with Gasteiger partial charge in [-0.15, -0.1) is 0 Å². The first-order valence-electron chi connectivity index (χ1n) is 5.55. The molecule has 1 aromatic carbocycles. The van der Waals surface area contributed by atoms with Crippen molar-refractivity contribution >= 4 is 0 Å². The largest absolute Gasteiger partial charge is 0.316 e. The Morgan fingerprint density at radius 1 is 1.29 bits per heavy atom. The van der Waals surface area contributed by atoms with Gasteiger partial charge in [-0.3, -0.25) is 0 Å². The smallest absolute Gasteiger partial charge is 0.00202 e. The zero-order chi connectivity index (χ0) is 9.97. The van der Waals surface area contributed by atoms with Crippen molar-refractivity contribution in [1.29, 1.82) is 0 Å². The molecule has 1 saturated heterocycles. The van der Waals surface area contributed by atoms with Crippen molar-refractivity contribution in [2.45, 2.75) is 32.6 Å². The summed E-state index contributed by atoms with van der Waals surface area (Å²) < 4.78 is 0. The molecule has 1 atom stereocenters. The van der Waals surface area contributed by atoms with E-state index in [9.17, 15) is 0 Å². The van der Waals surface area contributed by atoms with E-state index >= 15 is 0 Å². The SMILES string of the molecule is Cc1ccc(C2CCCNC2)c(C)c1. The highest BCUT2D eigenvalue weighted by molar-refractivity contribution is 5.33.